The van der Waals surface area contributed by atoms with Crippen molar-refractivity contribution in [2.45, 2.75) is 51.7 Å². The molecule has 0 saturated carbocycles. The van der Waals surface area contributed by atoms with E-state index in [0.717, 1.165) is 13.0 Å². The lowest BCUT2D eigenvalue weighted by Gasteiger charge is -2.37. The largest absolute Gasteiger partial charge is 0.392 e. The van der Waals surface area contributed by atoms with Gasteiger partial charge in [-0.2, -0.15) is 0 Å². The highest BCUT2D eigenvalue weighted by molar-refractivity contribution is 4.79. The lowest BCUT2D eigenvalue weighted by Crippen LogP contribution is -2.45. The maximum atomic E-state index is 9.64. The fourth-order valence-electron chi connectivity index (χ4n) is 2.51. The minimum absolute atomic E-state index is 0.154. The van der Waals surface area contributed by atoms with E-state index in [9.17, 15) is 5.11 Å². The molecule has 1 aliphatic rings. The molecule has 16 heavy (non-hydrogen) atoms. The molecule has 3 nitrogen and oxygen atoms in total. The third-order valence-electron chi connectivity index (χ3n) is 3.69. The smallest absolute Gasteiger partial charge is 0.0664 e. The summed E-state index contributed by atoms with van der Waals surface area (Å²) in [5, 5.41) is 9.64. The van der Waals surface area contributed by atoms with Crippen molar-refractivity contribution < 1.29 is 5.11 Å². The maximum absolute atomic E-state index is 9.64. The Balaban J connectivity index is 2.24. The molecular weight excluding hydrogens is 200 g/mol. The summed E-state index contributed by atoms with van der Waals surface area (Å²) in [4.78, 5) is 4.90. The zero-order chi connectivity index (χ0) is 12.0. The van der Waals surface area contributed by atoms with E-state index < -0.39 is 0 Å². The van der Waals surface area contributed by atoms with Crippen molar-refractivity contribution in [2.24, 2.45) is 0 Å². The van der Waals surface area contributed by atoms with Gasteiger partial charge in [0, 0.05) is 12.6 Å². The predicted molar refractivity (Wildman–Crippen MR) is 68.7 cm³/mol. The maximum Gasteiger partial charge on any atom is 0.0664 e. The number of likely N-dealkylation sites (tertiary alicyclic amines) is 1. The molecule has 1 N–H and O–H groups in total. The van der Waals surface area contributed by atoms with E-state index in [4.69, 9.17) is 0 Å². The van der Waals surface area contributed by atoms with Crippen LogP contribution < -0.4 is 0 Å². The first kappa shape index (κ1) is 13.9. The monoisotopic (exact) mass is 228 g/mol. The Bertz CT molecular complexity index is 179. The average Bonchev–Trinajstić information content (AvgIpc) is 2.30. The van der Waals surface area contributed by atoms with Crippen LogP contribution in [0.1, 0.15) is 39.5 Å². The molecule has 1 fully saturated rings. The molecule has 1 rings (SSSR count). The molecule has 0 spiro atoms. The van der Waals surface area contributed by atoms with Gasteiger partial charge in [-0.3, -0.25) is 0 Å². The first-order chi connectivity index (χ1) is 7.67. The molecule has 0 aliphatic carbocycles. The topological polar surface area (TPSA) is 26.7 Å². The van der Waals surface area contributed by atoms with Crippen LogP contribution in [0.5, 0.6) is 0 Å². The van der Waals surface area contributed by atoms with Crippen LogP contribution >= 0.6 is 0 Å². The fraction of sp³-hybridized carbons (Fsp3) is 1.00. The molecule has 1 saturated heterocycles. The Morgan fingerprint density at radius 3 is 2.44 bits per heavy atom. The minimum Gasteiger partial charge on any atom is -0.392 e. The van der Waals surface area contributed by atoms with Crippen molar-refractivity contribution in [1.82, 2.24) is 9.80 Å². The van der Waals surface area contributed by atoms with Crippen LogP contribution in [0.4, 0.5) is 0 Å². The number of nitrogens with zero attached hydrogens (tertiary/aromatic N) is 2. The second-order valence-corrected chi connectivity index (χ2v) is 5.07. The van der Waals surface area contributed by atoms with Gasteiger partial charge >= 0.3 is 0 Å². The summed E-state index contributed by atoms with van der Waals surface area (Å²) in [7, 11) is 2.15. The van der Waals surface area contributed by atoms with E-state index in [1.807, 2.05) is 6.92 Å². The Kier molecular flexibility index (Phi) is 6.32. The second-order valence-electron chi connectivity index (χ2n) is 5.07. The van der Waals surface area contributed by atoms with E-state index in [0.29, 0.717) is 6.04 Å². The Morgan fingerprint density at radius 2 is 1.94 bits per heavy atom. The third-order valence-corrected chi connectivity index (χ3v) is 3.69. The van der Waals surface area contributed by atoms with E-state index >= 15 is 0 Å². The van der Waals surface area contributed by atoms with E-state index in [1.54, 1.807) is 0 Å². The summed E-state index contributed by atoms with van der Waals surface area (Å²) in [6.07, 6.45) is 4.48. The van der Waals surface area contributed by atoms with Crippen LogP contribution in [0.3, 0.4) is 0 Å². The van der Waals surface area contributed by atoms with E-state index in [2.05, 4.69) is 23.8 Å². The van der Waals surface area contributed by atoms with Gasteiger partial charge in [0.2, 0.25) is 0 Å². The molecule has 0 aromatic heterocycles. The van der Waals surface area contributed by atoms with E-state index in [1.165, 1.54) is 38.9 Å². The molecular formula is C13H28N2O. The van der Waals surface area contributed by atoms with Crippen LogP contribution in [-0.4, -0.2) is 60.3 Å². The highest BCUT2D eigenvalue weighted by atomic mass is 16.3. The van der Waals surface area contributed by atoms with Crippen LogP contribution in [0, 0.1) is 0 Å². The third kappa shape index (κ3) is 4.40. The zero-order valence-corrected chi connectivity index (χ0v) is 11.2. The van der Waals surface area contributed by atoms with Gasteiger partial charge in [0.1, 0.15) is 0 Å². The molecule has 0 aromatic rings. The summed E-state index contributed by atoms with van der Waals surface area (Å²) < 4.78 is 0. The molecule has 0 amide bonds. The molecule has 0 radical (unpaired) electrons. The van der Waals surface area contributed by atoms with Crippen molar-refractivity contribution in [3.8, 4) is 0 Å². The second kappa shape index (κ2) is 7.25. The van der Waals surface area contributed by atoms with Crippen molar-refractivity contribution in [1.29, 1.82) is 0 Å². The van der Waals surface area contributed by atoms with Gasteiger partial charge in [0.15, 0.2) is 0 Å². The van der Waals surface area contributed by atoms with Gasteiger partial charge < -0.3 is 14.9 Å². The molecule has 1 atom stereocenters. The zero-order valence-electron chi connectivity index (χ0n) is 11.2. The lowest BCUT2D eigenvalue weighted by atomic mass is 10.0. The summed E-state index contributed by atoms with van der Waals surface area (Å²) in [6, 6.07) is 0.675. The molecule has 1 aliphatic heterocycles. The first-order valence-corrected chi connectivity index (χ1v) is 6.78. The number of likely N-dealkylation sites (N-methyl/N-ethyl adjacent to an activating group) is 1. The number of aliphatic hydroxyl groups is 1. The Labute approximate surface area is 100 Å². The molecule has 1 unspecified atom stereocenters. The molecule has 3 heteroatoms. The van der Waals surface area contributed by atoms with Crippen LogP contribution in [-0.2, 0) is 0 Å². The van der Waals surface area contributed by atoms with Gasteiger partial charge in [0.25, 0.3) is 0 Å². The standard InChI is InChI=1S/C13H28N2O/c1-4-8-15-9-6-12(7-10-15)14(3)11-13(16)5-2/h12-13,16H,4-11H2,1-3H3. The van der Waals surface area contributed by atoms with Gasteiger partial charge in [-0.05, 0) is 52.4 Å². The minimum atomic E-state index is -0.154. The number of rotatable bonds is 6. The van der Waals surface area contributed by atoms with Crippen molar-refractivity contribution in [3.63, 3.8) is 0 Å². The Hall–Kier alpha value is -0.120. The summed E-state index contributed by atoms with van der Waals surface area (Å²) in [6.45, 7) is 8.82. The SMILES string of the molecule is CCCN1CCC(N(C)CC(O)CC)CC1. The van der Waals surface area contributed by atoms with Gasteiger partial charge in [-0.25, -0.2) is 0 Å². The number of aliphatic hydroxyl groups excluding tert-OH is 1. The van der Waals surface area contributed by atoms with Gasteiger partial charge in [-0.1, -0.05) is 13.8 Å². The lowest BCUT2D eigenvalue weighted by molar-refractivity contribution is 0.0721. The molecule has 1 heterocycles. The number of hydrogen-bond acceptors (Lipinski definition) is 3. The molecule has 0 bridgehead atoms. The van der Waals surface area contributed by atoms with Gasteiger partial charge in [0.05, 0.1) is 6.10 Å². The van der Waals surface area contributed by atoms with Crippen LogP contribution in [0.2, 0.25) is 0 Å². The molecule has 0 aromatic carbocycles. The van der Waals surface area contributed by atoms with E-state index in [-0.39, 0.29) is 6.10 Å². The summed E-state index contributed by atoms with van der Waals surface area (Å²) in [5.41, 5.74) is 0. The van der Waals surface area contributed by atoms with Gasteiger partial charge in [-0.15, -0.1) is 0 Å². The van der Waals surface area contributed by atoms with Crippen LogP contribution in [0.25, 0.3) is 0 Å². The highest BCUT2D eigenvalue weighted by Gasteiger charge is 2.22. The average molecular weight is 228 g/mol. The highest BCUT2D eigenvalue weighted by Crippen LogP contribution is 2.16. The number of piperidine rings is 1. The quantitative estimate of drug-likeness (QED) is 0.747. The predicted octanol–water partition coefficient (Wildman–Crippen LogP) is 1.56. The Morgan fingerprint density at radius 1 is 1.31 bits per heavy atom. The fourth-order valence-corrected chi connectivity index (χ4v) is 2.51. The number of hydrogen-bond donors (Lipinski definition) is 1. The summed E-state index contributed by atoms with van der Waals surface area (Å²) in [5.74, 6) is 0. The first-order valence-electron chi connectivity index (χ1n) is 6.78. The normalized spacial score (nSPS) is 21.6. The van der Waals surface area contributed by atoms with Crippen molar-refractivity contribution in [3.05, 3.63) is 0 Å². The summed E-state index contributed by atoms with van der Waals surface area (Å²) >= 11 is 0. The molecule has 96 valence electrons. The van der Waals surface area contributed by atoms with Crippen molar-refractivity contribution in [2.75, 3.05) is 33.2 Å². The van der Waals surface area contributed by atoms with Crippen molar-refractivity contribution >= 4 is 0 Å². The van der Waals surface area contributed by atoms with Crippen LogP contribution in [0.15, 0.2) is 0 Å².